The number of carbonyl (C=O) groups excluding carboxylic acids is 3. The third-order valence-corrected chi connectivity index (χ3v) is 11.0. The zero-order chi connectivity index (χ0) is 43.8. The fourth-order valence-corrected chi connectivity index (χ4v) is 8.14. The lowest BCUT2D eigenvalue weighted by Gasteiger charge is -2.38. The number of urea groups is 1. The molecule has 1 fully saturated rings. The number of hydrogen-bond donors (Lipinski definition) is 4. The number of aliphatic hydroxyl groups is 1. The predicted molar refractivity (Wildman–Crippen MR) is 232 cm³/mol. The summed E-state index contributed by atoms with van der Waals surface area (Å²) >= 11 is 0. The number of aliphatic hydroxyl groups excluding tert-OH is 1. The molecule has 2 aromatic heterocycles. The van der Waals surface area contributed by atoms with Crippen LogP contribution < -0.4 is 10.6 Å². The maximum atomic E-state index is 14.6. The van der Waals surface area contributed by atoms with E-state index < -0.39 is 53.1 Å². The highest BCUT2D eigenvalue weighted by Crippen LogP contribution is 2.30. The molecule has 4 aromatic rings. The molecule has 0 saturated carbocycles. The Labute approximate surface area is 354 Å². The third kappa shape index (κ3) is 11.9. The highest BCUT2D eigenvalue weighted by Gasteiger charge is 2.44. The zero-order valence-electron chi connectivity index (χ0n) is 36.1. The number of nitrogens with zero attached hydrogens (tertiary/aromatic N) is 5. The molecule has 5 rings (SSSR count). The Kier molecular flexibility index (Phi) is 14.7. The van der Waals surface area contributed by atoms with Gasteiger partial charge in [0.1, 0.15) is 12.1 Å². The molecule has 60 heavy (non-hydrogen) atoms. The highest BCUT2D eigenvalue weighted by atomic mass is 16.4. The molecule has 1 saturated heterocycles. The lowest BCUT2D eigenvalue weighted by atomic mass is 9.84. The summed E-state index contributed by atoms with van der Waals surface area (Å²) in [4.78, 5) is 67.8. The van der Waals surface area contributed by atoms with Gasteiger partial charge in [-0.1, -0.05) is 102 Å². The molecule has 1 aliphatic rings. The number of benzene rings is 2. The van der Waals surface area contributed by atoms with Gasteiger partial charge in [-0.3, -0.25) is 24.5 Å². The number of pyridine rings is 2. The van der Waals surface area contributed by atoms with Crippen LogP contribution in [-0.2, 0) is 29.0 Å². The molecule has 13 nitrogen and oxygen atoms in total. The summed E-state index contributed by atoms with van der Waals surface area (Å²) in [7, 11) is 1.36. The molecule has 1 aliphatic heterocycles. The first kappa shape index (κ1) is 45.3. The maximum Gasteiger partial charge on any atom is 0.407 e. The van der Waals surface area contributed by atoms with E-state index in [0.29, 0.717) is 26.1 Å². The number of aromatic nitrogens is 2. The van der Waals surface area contributed by atoms with Crippen molar-refractivity contribution in [1.82, 2.24) is 35.3 Å². The van der Waals surface area contributed by atoms with Crippen LogP contribution in [0.25, 0.3) is 11.1 Å². The van der Waals surface area contributed by atoms with E-state index in [1.807, 2.05) is 113 Å². The van der Waals surface area contributed by atoms with E-state index in [9.17, 15) is 29.4 Å². The first-order valence-electron chi connectivity index (χ1n) is 20.6. The molecule has 0 spiro atoms. The number of carboxylic acid groups (broad SMARTS) is 1. The van der Waals surface area contributed by atoms with Gasteiger partial charge in [0.2, 0.25) is 11.8 Å². The van der Waals surface area contributed by atoms with Crippen molar-refractivity contribution in [3.05, 3.63) is 120 Å². The van der Waals surface area contributed by atoms with Crippen LogP contribution in [-0.4, -0.2) is 109 Å². The molecule has 0 radical (unpaired) electrons. The van der Waals surface area contributed by atoms with Gasteiger partial charge in [-0.15, -0.1) is 0 Å². The highest BCUT2D eigenvalue weighted by molar-refractivity contribution is 5.89. The second kappa shape index (κ2) is 19.5. The first-order valence-corrected chi connectivity index (χ1v) is 20.6. The Morgan fingerprint density at radius 3 is 2.02 bits per heavy atom. The van der Waals surface area contributed by atoms with Gasteiger partial charge in [-0.2, -0.15) is 0 Å². The van der Waals surface area contributed by atoms with Gasteiger partial charge in [0.15, 0.2) is 0 Å². The van der Waals surface area contributed by atoms with Crippen molar-refractivity contribution in [2.75, 3.05) is 20.1 Å². The summed E-state index contributed by atoms with van der Waals surface area (Å²) in [5.41, 5.74) is 3.94. The van der Waals surface area contributed by atoms with Gasteiger partial charge in [0, 0.05) is 44.3 Å². The minimum atomic E-state index is -1.25. The fraction of sp³-hybridized carbons (Fsp3) is 0.447. The fourth-order valence-electron chi connectivity index (χ4n) is 8.14. The topological polar surface area (TPSA) is 168 Å². The van der Waals surface area contributed by atoms with E-state index in [1.165, 1.54) is 7.05 Å². The van der Waals surface area contributed by atoms with E-state index in [1.54, 1.807) is 43.0 Å². The van der Waals surface area contributed by atoms with E-state index in [4.69, 9.17) is 0 Å². The van der Waals surface area contributed by atoms with Crippen molar-refractivity contribution >= 4 is 23.9 Å². The van der Waals surface area contributed by atoms with Gasteiger partial charge in [-0.05, 0) is 83.5 Å². The van der Waals surface area contributed by atoms with Gasteiger partial charge < -0.3 is 30.6 Å². The van der Waals surface area contributed by atoms with Gasteiger partial charge >= 0.3 is 12.1 Å². The molecule has 13 heteroatoms. The number of rotatable bonds is 16. The monoisotopic (exact) mass is 819 g/mol. The van der Waals surface area contributed by atoms with Gasteiger partial charge in [0.25, 0.3) is 0 Å². The number of nitrogens with one attached hydrogen (secondary N) is 2. The predicted octanol–water partition coefficient (Wildman–Crippen LogP) is 6.33. The Hall–Kier alpha value is -5.82. The van der Waals surface area contributed by atoms with Gasteiger partial charge in [0.05, 0.1) is 24.4 Å². The molecule has 2 aromatic carbocycles. The van der Waals surface area contributed by atoms with Crippen LogP contribution in [0.4, 0.5) is 9.59 Å². The number of likely N-dealkylation sites (N-methyl/N-ethyl adjacent to an activating group) is 1. The van der Waals surface area contributed by atoms with E-state index in [-0.39, 0.29) is 24.8 Å². The average molecular weight is 820 g/mol. The number of hydrogen-bond acceptors (Lipinski definition) is 7. The van der Waals surface area contributed by atoms with Crippen LogP contribution in [0.15, 0.2) is 97.3 Å². The molecule has 0 aliphatic carbocycles. The summed E-state index contributed by atoms with van der Waals surface area (Å²) in [6, 6.07) is 23.4. The third-order valence-electron chi connectivity index (χ3n) is 11.0. The second-order valence-electron chi connectivity index (χ2n) is 18.0. The Morgan fingerprint density at radius 2 is 1.42 bits per heavy atom. The van der Waals surface area contributed by atoms with E-state index >= 15 is 0 Å². The first-order chi connectivity index (χ1) is 28.3. The number of amides is 5. The number of aryl methyl sites for hydroxylation is 1. The van der Waals surface area contributed by atoms with Crippen molar-refractivity contribution < 1.29 is 29.4 Å². The molecule has 0 bridgehead atoms. The van der Waals surface area contributed by atoms with E-state index in [2.05, 4.69) is 20.6 Å². The van der Waals surface area contributed by atoms with Crippen LogP contribution in [0.1, 0.15) is 70.5 Å². The average Bonchev–Trinajstić information content (AvgIpc) is 3.52. The molecule has 4 N–H and O–H groups in total. The Bertz CT molecular complexity index is 2070. The van der Waals surface area contributed by atoms with Crippen LogP contribution in [0.2, 0.25) is 0 Å². The lowest BCUT2D eigenvalue weighted by molar-refractivity contribution is -0.131. The molecule has 320 valence electrons. The summed E-state index contributed by atoms with van der Waals surface area (Å²) < 4.78 is 0. The van der Waals surface area contributed by atoms with Gasteiger partial charge in [-0.25, -0.2) is 9.59 Å². The minimum Gasteiger partial charge on any atom is -0.465 e. The molecule has 3 heterocycles. The molecule has 0 unspecified atom stereocenters. The SMILES string of the molecule is Cc1cccc(CN2CCN([C@H](C(=O)N[C@@H](Cc3ccccc3)C[C@@H](O)[C@H](Cc3ccc(-c4ccncc4)cc3)NC(=O)[C@@H](N(C)C(=O)O)C(C)(C)C)C(C)(C)C)C2=O)n1. The normalized spacial score (nSPS) is 15.8. The van der Waals surface area contributed by atoms with Crippen LogP contribution >= 0.6 is 0 Å². The van der Waals surface area contributed by atoms with Crippen molar-refractivity contribution in [3.8, 4) is 11.1 Å². The lowest BCUT2D eigenvalue weighted by Crippen LogP contribution is -2.59. The summed E-state index contributed by atoms with van der Waals surface area (Å²) in [5.74, 6) is -0.887. The maximum absolute atomic E-state index is 14.6. The van der Waals surface area contributed by atoms with Crippen molar-refractivity contribution in [3.63, 3.8) is 0 Å². The summed E-state index contributed by atoms with van der Waals surface area (Å²) in [6.45, 7) is 14.2. The van der Waals surface area contributed by atoms with Crippen molar-refractivity contribution in [1.29, 1.82) is 0 Å². The summed E-state index contributed by atoms with van der Waals surface area (Å²) in [5, 5.41) is 28.4. The quantitative estimate of drug-likeness (QED) is 0.102. The molecule has 5 atom stereocenters. The second-order valence-corrected chi connectivity index (χ2v) is 18.0. The standard InChI is InChI=1S/C47H61N7O6/c1-31-13-12-16-36(49-31)30-53-25-26-54(44(53)58)41(47(5,6)7)43(57)50-37(27-32-14-10-9-11-15-32)29-39(55)38(51-42(56)40(46(2,3)4)52(8)45(59)60)28-33-17-19-34(20-18-33)35-21-23-48-24-22-35/h9-24,37-41,55H,25-30H2,1-8H3,(H,50,57)(H,51,56)(H,59,60)/t37-,38-,39+,40+,41+/m0/s1. The van der Waals surface area contributed by atoms with Crippen LogP contribution in [0.3, 0.4) is 0 Å². The van der Waals surface area contributed by atoms with Crippen molar-refractivity contribution in [2.45, 2.75) is 105 Å². The van der Waals surface area contributed by atoms with Crippen molar-refractivity contribution in [2.24, 2.45) is 10.8 Å². The smallest absolute Gasteiger partial charge is 0.407 e. The van der Waals surface area contributed by atoms with Crippen LogP contribution in [0.5, 0.6) is 0 Å². The molecular formula is C47H61N7O6. The van der Waals surface area contributed by atoms with Crippen LogP contribution in [0, 0.1) is 17.8 Å². The molecular weight excluding hydrogens is 759 g/mol. The largest absolute Gasteiger partial charge is 0.465 e. The zero-order valence-corrected chi connectivity index (χ0v) is 36.1. The number of carbonyl (C=O) groups is 4. The Balaban J connectivity index is 1.42. The van der Waals surface area contributed by atoms with E-state index in [0.717, 1.165) is 38.5 Å². The molecule has 5 amide bonds. The minimum absolute atomic E-state index is 0.0472. The summed E-state index contributed by atoms with van der Waals surface area (Å²) in [6.07, 6.45) is 1.65. The Morgan fingerprint density at radius 1 is 0.783 bits per heavy atom.